The van der Waals surface area contributed by atoms with Crippen molar-refractivity contribution in [2.75, 3.05) is 22.5 Å². The number of carbonyl (C=O) groups excluding carboxylic acids is 2. The van der Waals surface area contributed by atoms with Crippen LogP contribution < -0.4 is 20.7 Å². The zero-order chi connectivity index (χ0) is 24.2. The molecule has 0 bridgehead atoms. The number of aromatic nitrogens is 2. The maximum atomic E-state index is 14.5. The minimum Gasteiger partial charge on any atom is -0.489 e. The maximum Gasteiger partial charge on any atom is 0.267 e. The van der Waals surface area contributed by atoms with E-state index in [1.165, 1.54) is 18.5 Å². The van der Waals surface area contributed by atoms with Crippen molar-refractivity contribution in [3.63, 3.8) is 0 Å². The van der Waals surface area contributed by atoms with E-state index >= 15 is 0 Å². The monoisotopic (exact) mass is 491 g/mol. The van der Waals surface area contributed by atoms with E-state index in [1.807, 2.05) is 0 Å². The minimum absolute atomic E-state index is 0.157. The van der Waals surface area contributed by atoms with Crippen LogP contribution in [0, 0.1) is 12.7 Å². The highest BCUT2D eigenvalue weighted by Crippen LogP contribution is 2.27. The Labute approximate surface area is 196 Å². The Balaban J connectivity index is 1.43. The fourth-order valence-corrected chi connectivity index (χ4v) is 3.59. The molecule has 0 radical (unpaired) electrons. The van der Waals surface area contributed by atoms with E-state index in [0.717, 1.165) is 30.2 Å². The summed E-state index contributed by atoms with van der Waals surface area (Å²) >= 11 is 0.893. The summed E-state index contributed by atoms with van der Waals surface area (Å²) < 4.78 is 44.8. The summed E-state index contributed by atoms with van der Waals surface area (Å²) in [7, 11) is 0. The van der Waals surface area contributed by atoms with E-state index in [4.69, 9.17) is 4.74 Å². The van der Waals surface area contributed by atoms with Crippen LogP contribution in [0.5, 0.6) is 5.75 Å². The molecule has 12 heteroatoms. The molecule has 2 aromatic heterocycles. The van der Waals surface area contributed by atoms with E-state index in [9.17, 15) is 22.8 Å². The highest BCUT2D eigenvalue weighted by molar-refractivity contribution is 7.17. The molecular formula is C22H20F3N5O3S. The van der Waals surface area contributed by atoms with Gasteiger partial charge < -0.3 is 20.7 Å². The molecular weight excluding hydrogens is 471 g/mol. The number of hydrogen-bond acceptors (Lipinski definition) is 7. The molecule has 1 saturated carbocycles. The van der Waals surface area contributed by atoms with Gasteiger partial charge in [-0.2, -0.15) is 0 Å². The zero-order valence-corrected chi connectivity index (χ0v) is 18.7. The number of carbonyl (C=O) groups is 2. The third-order valence-corrected chi connectivity index (χ3v) is 5.70. The molecule has 34 heavy (non-hydrogen) atoms. The quantitative estimate of drug-likeness (QED) is 0.401. The number of rotatable bonds is 9. The molecule has 178 valence electrons. The van der Waals surface area contributed by atoms with Crippen LogP contribution in [-0.4, -0.2) is 40.9 Å². The van der Waals surface area contributed by atoms with Crippen molar-refractivity contribution in [1.29, 1.82) is 0 Å². The lowest BCUT2D eigenvalue weighted by molar-refractivity contribution is 0.101. The van der Waals surface area contributed by atoms with Crippen LogP contribution in [0.3, 0.4) is 0 Å². The number of hydrogen-bond donors (Lipinski definition) is 3. The standard InChI is InChI=1S/C22H20F3N5O3S/c1-11-6-15(23)14(20(31)30-19-5-4-13(8-26-19)33-12-2-3-12)7-16(11)29-21(32)17-9-27-22(34-17)28-10-18(24)25/h4-9,12,18H,2-3,10H2,1H3,(H,27,28)(H,29,32)(H,26,30,31). The summed E-state index contributed by atoms with van der Waals surface area (Å²) in [6, 6.07) is 5.57. The van der Waals surface area contributed by atoms with E-state index in [1.54, 1.807) is 19.1 Å². The summed E-state index contributed by atoms with van der Waals surface area (Å²) in [5.74, 6) is -1.28. The normalized spacial score (nSPS) is 13.0. The minimum atomic E-state index is -2.56. The highest BCUT2D eigenvalue weighted by atomic mass is 32.1. The molecule has 0 spiro atoms. The van der Waals surface area contributed by atoms with Gasteiger partial charge in [0.05, 0.1) is 30.6 Å². The average molecular weight is 491 g/mol. The molecule has 1 aliphatic rings. The molecule has 2 amide bonds. The van der Waals surface area contributed by atoms with Crippen molar-refractivity contribution in [3.05, 3.63) is 58.5 Å². The van der Waals surface area contributed by atoms with Gasteiger partial charge in [0.15, 0.2) is 5.13 Å². The summed E-state index contributed by atoms with van der Waals surface area (Å²) in [6.45, 7) is 0.984. The Morgan fingerprint density at radius 2 is 1.94 bits per heavy atom. The molecule has 4 rings (SSSR count). The summed E-state index contributed by atoms with van der Waals surface area (Å²) in [5.41, 5.74) is 0.320. The van der Waals surface area contributed by atoms with Gasteiger partial charge in [0, 0.05) is 5.69 Å². The Kier molecular flexibility index (Phi) is 6.96. The number of anilines is 3. The van der Waals surface area contributed by atoms with Gasteiger partial charge in [0.1, 0.15) is 22.3 Å². The highest BCUT2D eigenvalue weighted by Gasteiger charge is 2.23. The number of amides is 2. The molecule has 1 fully saturated rings. The first-order valence-corrected chi connectivity index (χ1v) is 11.1. The van der Waals surface area contributed by atoms with Gasteiger partial charge in [-0.1, -0.05) is 11.3 Å². The van der Waals surface area contributed by atoms with Crippen molar-refractivity contribution >= 4 is 39.8 Å². The summed E-state index contributed by atoms with van der Waals surface area (Å²) in [4.78, 5) is 33.3. The van der Waals surface area contributed by atoms with Gasteiger partial charge >= 0.3 is 0 Å². The predicted molar refractivity (Wildman–Crippen MR) is 122 cm³/mol. The number of nitrogens with one attached hydrogen (secondary N) is 3. The molecule has 8 nitrogen and oxygen atoms in total. The smallest absolute Gasteiger partial charge is 0.267 e. The van der Waals surface area contributed by atoms with Crippen LogP contribution in [-0.2, 0) is 0 Å². The van der Waals surface area contributed by atoms with Crippen LogP contribution in [0.1, 0.15) is 38.4 Å². The van der Waals surface area contributed by atoms with Crippen LogP contribution >= 0.6 is 11.3 Å². The van der Waals surface area contributed by atoms with Crippen LogP contribution in [0.15, 0.2) is 36.7 Å². The van der Waals surface area contributed by atoms with Crippen molar-refractivity contribution in [2.45, 2.75) is 32.3 Å². The third-order valence-electron chi connectivity index (χ3n) is 4.75. The van der Waals surface area contributed by atoms with Crippen molar-refractivity contribution in [2.24, 2.45) is 0 Å². The van der Waals surface area contributed by atoms with Gasteiger partial charge in [-0.3, -0.25) is 9.59 Å². The van der Waals surface area contributed by atoms with Crippen molar-refractivity contribution in [3.8, 4) is 5.75 Å². The second-order valence-corrected chi connectivity index (χ2v) is 8.58. The van der Waals surface area contributed by atoms with Crippen LogP contribution in [0.4, 0.5) is 29.8 Å². The average Bonchev–Trinajstić information content (AvgIpc) is 3.48. The maximum absolute atomic E-state index is 14.5. The Hall–Kier alpha value is -3.67. The number of pyridine rings is 1. The molecule has 0 saturated heterocycles. The summed E-state index contributed by atoms with van der Waals surface area (Å²) in [5, 5.41) is 7.71. The first-order valence-electron chi connectivity index (χ1n) is 10.3. The lowest BCUT2D eigenvalue weighted by atomic mass is 10.1. The first kappa shape index (κ1) is 23.5. The fraction of sp³-hybridized carbons (Fsp3) is 0.273. The third kappa shape index (κ3) is 6.01. The predicted octanol–water partition coefficient (Wildman–Crippen LogP) is 4.71. The molecule has 0 aliphatic heterocycles. The SMILES string of the molecule is Cc1cc(F)c(C(=O)Nc2ccc(OC3CC3)cn2)cc1NC(=O)c1cnc(NCC(F)F)s1. The van der Waals surface area contributed by atoms with E-state index in [2.05, 4.69) is 25.9 Å². The van der Waals surface area contributed by atoms with Crippen LogP contribution in [0.25, 0.3) is 0 Å². The van der Waals surface area contributed by atoms with Gasteiger partial charge in [0.2, 0.25) is 0 Å². The molecule has 3 N–H and O–H groups in total. The van der Waals surface area contributed by atoms with Crippen molar-refractivity contribution in [1.82, 2.24) is 9.97 Å². The Bertz CT molecular complexity index is 1200. The van der Waals surface area contributed by atoms with E-state index < -0.39 is 30.6 Å². The number of thiazole rings is 1. The Morgan fingerprint density at radius 1 is 1.15 bits per heavy atom. The van der Waals surface area contributed by atoms with Gasteiger partial charge in [-0.05, 0) is 49.6 Å². The lowest BCUT2D eigenvalue weighted by Crippen LogP contribution is -2.17. The second kappa shape index (κ2) is 10.1. The zero-order valence-electron chi connectivity index (χ0n) is 17.9. The van der Waals surface area contributed by atoms with Gasteiger partial charge in [-0.25, -0.2) is 23.1 Å². The number of aryl methyl sites for hydroxylation is 1. The molecule has 3 aromatic rings. The number of nitrogens with zero attached hydrogens (tertiary/aromatic N) is 2. The van der Waals surface area contributed by atoms with E-state index in [-0.39, 0.29) is 33.2 Å². The molecule has 1 aromatic carbocycles. The van der Waals surface area contributed by atoms with Gasteiger partial charge in [0.25, 0.3) is 18.2 Å². The molecule has 2 heterocycles. The van der Waals surface area contributed by atoms with Gasteiger partial charge in [-0.15, -0.1) is 0 Å². The lowest BCUT2D eigenvalue weighted by Gasteiger charge is -2.12. The number of ether oxygens (including phenoxy) is 1. The largest absolute Gasteiger partial charge is 0.489 e. The summed E-state index contributed by atoms with van der Waals surface area (Å²) in [6.07, 6.45) is 2.38. The number of benzene rings is 1. The number of halogens is 3. The molecule has 0 atom stereocenters. The molecule has 0 unspecified atom stereocenters. The fourth-order valence-electron chi connectivity index (χ4n) is 2.88. The molecule has 1 aliphatic carbocycles. The second-order valence-electron chi connectivity index (χ2n) is 7.55. The van der Waals surface area contributed by atoms with Crippen LogP contribution in [0.2, 0.25) is 0 Å². The topological polar surface area (TPSA) is 105 Å². The van der Waals surface area contributed by atoms with E-state index in [0.29, 0.717) is 11.3 Å². The first-order chi connectivity index (χ1) is 16.3. The Morgan fingerprint density at radius 3 is 2.62 bits per heavy atom. The van der Waals surface area contributed by atoms with Crippen molar-refractivity contribution < 1.29 is 27.5 Å². The number of alkyl halides is 2.